The third kappa shape index (κ3) is 44.7. The fourth-order valence-corrected chi connectivity index (χ4v) is 6.98. The number of hydrogen-bond acceptors (Lipinski definition) is 3. The van der Waals surface area contributed by atoms with Crippen LogP contribution < -0.4 is 10.6 Å². The van der Waals surface area contributed by atoms with Crippen molar-refractivity contribution < 1.29 is 9.59 Å². The summed E-state index contributed by atoms with van der Waals surface area (Å²) in [5.74, 6) is 0.710. The minimum atomic E-state index is 0.223. The zero-order valence-corrected chi connectivity index (χ0v) is 35.4. The molecule has 2 N–H and O–H groups in total. The van der Waals surface area contributed by atoms with Crippen LogP contribution in [0.2, 0.25) is 0 Å². The number of allylic oxidation sites excluding steroid dienone is 4. The third-order valence-electron chi connectivity index (χ3n) is 10.5. The number of unbranched alkanes of at least 4 members (excludes halogenated alkanes) is 28. The number of Topliss-reactive ketones (excluding diaryl/α,β-unsaturated/α-hetero) is 1. The highest BCUT2D eigenvalue weighted by Crippen LogP contribution is 2.14. The Morgan fingerprint density at radius 3 is 1.10 bits per heavy atom. The van der Waals surface area contributed by atoms with Crippen molar-refractivity contribution >= 4 is 11.7 Å². The molecule has 306 valence electrons. The highest BCUT2D eigenvalue weighted by molar-refractivity contribution is 5.78. The minimum Gasteiger partial charge on any atom is -0.356 e. The SMILES string of the molecule is CCCCCCCC/C=C\CCCCCCCC(=O)CCCCCCCCCNCCCNC(=O)CCCCCCC/C=C\CCCCCCCC. The van der Waals surface area contributed by atoms with E-state index in [1.54, 1.807) is 0 Å². The van der Waals surface area contributed by atoms with Crippen molar-refractivity contribution in [3.8, 4) is 0 Å². The number of rotatable bonds is 44. The number of carbonyl (C=O) groups is 2. The first-order chi connectivity index (χ1) is 25.7. The fraction of sp³-hybridized carbons (Fsp3) is 0.875. The van der Waals surface area contributed by atoms with E-state index in [2.05, 4.69) is 48.8 Å². The summed E-state index contributed by atoms with van der Waals surface area (Å²) in [5.41, 5.74) is 0. The van der Waals surface area contributed by atoms with E-state index in [0.29, 0.717) is 12.2 Å². The molecule has 0 aromatic rings. The van der Waals surface area contributed by atoms with Crippen LogP contribution in [0.5, 0.6) is 0 Å². The second-order valence-electron chi connectivity index (χ2n) is 15.9. The molecule has 0 heterocycles. The van der Waals surface area contributed by atoms with Gasteiger partial charge in [-0.15, -0.1) is 0 Å². The normalized spacial score (nSPS) is 11.7. The topological polar surface area (TPSA) is 58.2 Å². The van der Waals surface area contributed by atoms with Gasteiger partial charge in [0.05, 0.1) is 0 Å². The van der Waals surface area contributed by atoms with E-state index < -0.39 is 0 Å². The van der Waals surface area contributed by atoms with Gasteiger partial charge in [-0.25, -0.2) is 0 Å². The number of ketones is 1. The molecule has 0 bridgehead atoms. The summed E-state index contributed by atoms with van der Waals surface area (Å²) in [6, 6.07) is 0. The fourth-order valence-electron chi connectivity index (χ4n) is 6.98. The third-order valence-corrected chi connectivity index (χ3v) is 10.5. The number of nitrogens with one attached hydrogen (secondary N) is 2. The lowest BCUT2D eigenvalue weighted by Gasteiger charge is -2.07. The minimum absolute atomic E-state index is 0.223. The van der Waals surface area contributed by atoms with Gasteiger partial charge in [0.2, 0.25) is 5.91 Å². The first kappa shape index (κ1) is 50.6. The van der Waals surface area contributed by atoms with Gasteiger partial charge >= 0.3 is 0 Å². The van der Waals surface area contributed by atoms with Crippen molar-refractivity contribution in [3.05, 3.63) is 24.3 Å². The molecule has 4 nitrogen and oxygen atoms in total. The van der Waals surface area contributed by atoms with Gasteiger partial charge in [0.1, 0.15) is 5.78 Å². The van der Waals surface area contributed by atoms with E-state index in [1.165, 1.54) is 193 Å². The Balaban J connectivity index is 3.26. The Morgan fingerprint density at radius 1 is 0.346 bits per heavy atom. The molecule has 0 saturated carbocycles. The molecular formula is C48H92N2O2. The van der Waals surface area contributed by atoms with Crippen molar-refractivity contribution in [1.82, 2.24) is 10.6 Å². The second-order valence-corrected chi connectivity index (χ2v) is 15.9. The Bertz CT molecular complexity index is 712. The highest BCUT2D eigenvalue weighted by Gasteiger charge is 2.03. The molecule has 1 amide bonds. The van der Waals surface area contributed by atoms with Gasteiger partial charge in [-0.1, -0.05) is 173 Å². The van der Waals surface area contributed by atoms with Gasteiger partial charge in [0.15, 0.2) is 0 Å². The van der Waals surface area contributed by atoms with Crippen LogP contribution in [0.4, 0.5) is 0 Å². The van der Waals surface area contributed by atoms with Crippen molar-refractivity contribution in [3.63, 3.8) is 0 Å². The van der Waals surface area contributed by atoms with Gasteiger partial charge < -0.3 is 10.6 Å². The summed E-state index contributed by atoms with van der Waals surface area (Å²) in [5, 5.41) is 6.63. The Hall–Kier alpha value is -1.42. The van der Waals surface area contributed by atoms with E-state index in [9.17, 15) is 9.59 Å². The molecule has 52 heavy (non-hydrogen) atoms. The molecule has 0 fully saturated rings. The van der Waals surface area contributed by atoms with Crippen LogP contribution in [0.25, 0.3) is 0 Å². The largest absolute Gasteiger partial charge is 0.356 e. The molecule has 4 heteroatoms. The molecule has 0 aliphatic carbocycles. The average molecular weight is 729 g/mol. The summed E-state index contributed by atoms with van der Waals surface area (Å²) in [4.78, 5) is 24.3. The number of carbonyl (C=O) groups excluding carboxylic acids is 2. The smallest absolute Gasteiger partial charge is 0.219 e. The molecule has 0 aromatic heterocycles. The van der Waals surface area contributed by atoms with Gasteiger partial charge in [-0.3, -0.25) is 9.59 Å². The Labute approximate surface area is 326 Å². The predicted octanol–water partition coefficient (Wildman–Crippen LogP) is 14.8. The summed E-state index contributed by atoms with van der Waals surface area (Å²) in [7, 11) is 0. The highest BCUT2D eigenvalue weighted by atomic mass is 16.1. The Morgan fingerprint density at radius 2 is 0.673 bits per heavy atom. The van der Waals surface area contributed by atoms with Gasteiger partial charge in [0.25, 0.3) is 0 Å². The molecule has 0 aliphatic heterocycles. The molecule has 0 saturated heterocycles. The van der Waals surface area contributed by atoms with Crippen LogP contribution in [0.15, 0.2) is 24.3 Å². The lowest BCUT2D eigenvalue weighted by Crippen LogP contribution is -2.27. The summed E-state index contributed by atoms with van der Waals surface area (Å²) in [6.45, 7) is 7.41. The van der Waals surface area contributed by atoms with Crippen LogP contribution in [-0.4, -0.2) is 31.3 Å². The van der Waals surface area contributed by atoms with Crippen LogP contribution in [-0.2, 0) is 9.59 Å². The molecule has 0 spiro atoms. The van der Waals surface area contributed by atoms with E-state index in [-0.39, 0.29) is 5.91 Å². The zero-order chi connectivity index (χ0) is 37.7. The van der Waals surface area contributed by atoms with Crippen LogP contribution in [0.1, 0.15) is 251 Å². The average Bonchev–Trinajstić information content (AvgIpc) is 3.14. The first-order valence-corrected chi connectivity index (χ1v) is 23.5. The first-order valence-electron chi connectivity index (χ1n) is 23.5. The van der Waals surface area contributed by atoms with E-state index in [4.69, 9.17) is 0 Å². The number of amides is 1. The monoisotopic (exact) mass is 729 g/mol. The zero-order valence-electron chi connectivity index (χ0n) is 35.4. The summed E-state index contributed by atoms with van der Waals surface area (Å²) < 4.78 is 0. The molecule has 0 radical (unpaired) electrons. The van der Waals surface area contributed by atoms with Crippen LogP contribution in [0.3, 0.4) is 0 Å². The van der Waals surface area contributed by atoms with E-state index in [0.717, 1.165) is 58.2 Å². The quantitative estimate of drug-likeness (QED) is 0.0485. The van der Waals surface area contributed by atoms with Gasteiger partial charge in [-0.05, 0) is 96.6 Å². The maximum absolute atomic E-state index is 12.2. The van der Waals surface area contributed by atoms with Gasteiger partial charge in [-0.2, -0.15) is 0 Å². The summed E-state index contributed by atoms with van der Waals surface area (Å²) in [6.07, 6.45) is 55.3. The summed E-state index contributed by atoms with van der Waals surface area (Å²) >= 11 is 0. The van der Waals surface area contributed by atoms with Crippen molar-refractivity contribution in [2.45, 2.75) is 251 Å². The molecule has 0 unspecified atom stereocenters. The molecule has 0 aromatic carbocycles. The predicted molar refractivity (Wildman–Crippen MR) is 231 cm³/mol. The van der Waals surface area contributed by atoms with Crippen LogP contribution >= 0.6 is 0 Å². The van der Waals surface area contributed by atoms with Crippen LogP contribution in [0, 0.1) is 0 Å². The van der Waals surface area contributed by atoms with E-state index >= 15 is 0 Å². The maximum atomic E-state index is 12.2. The maximum Gasteiger partial charge on any atom is 0.219 e. The lowest BCUT2D eigenvalue weighted by molar-refractivity contribution is -0.121. The molecule has 0 atom stereocenters. The number of hydrogen-bond donors (Lipinski definition) is 2. The van der Waals surface area contributed by atoms with Crippen molar-refractivity contribution in [2.24, 2.45) is 0 Å². The molecule has 0 rings (SSSR count). The Kier molecular flexibility index (Phi) is 44.5. The molecular weight excluding hydrogens is 637 g/mol. The van der Waals surface area contributed by atoms with E-state index in [1.807, 2.05) is 0 Å². The second kappa shape index (κ2) is 45.7. The van der Waals surface area contributed by atoms with Crippen molar-refractivity contribution in [1.29, 1.82) is 0 Å². The van der Waals surface area contributed by atoms with Gasteiger partial charge in [0, 0.05) is 25.8 Å². The lowest BCUT2D eigenvalue weighted by atomic mass is 10.0. The molecule has 0 aliphatic rings. The standard InChI is InChI=1S/C48H92N2O2/c1-3-5-7-9-11-13-15-17-19-21-23-25-28-32-36-41-47(51)42-37-33-29-27-31-35-39-44-49-45-40-46-50-48(52)43-38-34-30-26-24-22-20-18-16-14-12-10-8-6-4-2/h17-20,49H,3-16,21-46H2,1-2H3,(H,50,52)/b19-17-,20-18-. The van der Waals surface area contributed by atoms with Crippen molar-refractivity contribution in [2.75, 3.05) is 19.6 Å².